The molecular weight excluding hydrogens is 628 g/mol. The van der Waals surface area contributed by atoms with Crippen LogP contribution in [0.25, 0.3) is 11.1 Å². The van der Waals surface area contributed by atoms with E-state index in [2.05, 4.69) is 59.7 Å². The Labute approximate surface area is 261 Å². The zero-order valence-electron chi connectivity index (χ0n) is 24.5. The number of rotatable bonds is 8. The van der Waals surface area contributed by atoms with Crippen molar-refractivity contribution in [3.05, 3.63) is 94.8 Å². The first kappa shape index (κ1) is 31.6. The van der Waals surface area contributed by atoms with E-state index in [1.54, 1.807) is 6.07 Å². The molecule has 1 amide bonds. The molecule has 41 heavy (non-hydrogen) atoms. The first-order valence-corrected chi connectivity index (χ1v) is 14.5. The molecule has 0 aliphatic carbocycles. The smallest absolute Gasteiger partial charge is 0.251 e. The normalized spacial score (nSPS) is 19.4. The minimum absolute atomic E-state index is 0. The first-order chi connectivity index (χ1) is 19.2. The fraction of sp³-hybridized carbons (Fsp3) is 0.424. The lowest BCUT2D eigenvalue weighted by molar-refractivity contribution is -0.894. The van der Waals surface area contributed by atoms with Crippen molar-refractivity contribution in [3.63, 3.8) is 0 Å². The number of amides is 1. The third-order valence-electron chi connectivity index (χ3n) is 8.22. The molecule has 2 aliphatic heterocycles. The number of nitrogens with zero attached hydrogens (tertiary/aromatic N) is 3. The highest BCUT2D eigenvalue weighted by Gasteiger charge is 2.24. The van der Waals surface area contributed by atoms with Gasteiger partial charge in [0.25, 0.3) is 5.91 Å². The monoisotopic (exact) mass is 671 g/mol. The number of hydrogen-bond acceptors (Lipinski definition) is 4. The van der Waals surface area contributed by atoms with Crippen LogP contribution in [0.4, 0.5) is 4.39 Å². The minimum atomic E-state index is -0.254. The van der Waals surface area contributed by atoms with E-state index in [1.165, 1.54) is 11.6 Å². The maximum atomic E-state index is 14.9. The van der Waals surface area contributed by atoms with Crippen molar-refractivity contribution in [2.75, 3.05) is 59.9 Å². The van der Waals surface area contributed by atoms with Crippen LogP contribution in [0, 0.1) is 5.82 Å². The van der Waals surface area contributed by atoms with E-state index in [4.69, 9.17) is 0 Å². The van der Waals surface area contributed by atoms with Crippen LogP contribution in [0.1, 0.15) is 34.0 Å². The molecular formula is C33H43FIN5O. The van der Waals surface area contributed by atoms with Gasteiger partial charge in [0.05, 0.1) is 27.2 Å². The maximum absolute atomic E-state index is 14.9. The number of likely N-dealkylation sites (N-methyl/N-ethyl adjacent to an activating group) is 1. The van der Waals surface area contributed by atoms with Gasteiger partial charge in [-0.3, -0.25) is 14.6 Å². The predicted molar refractivity (Wildman–Crippen MR) is 159 cm³/mol. The zero-order valence-corrected chi connectivity index (χ0v) is 26.7. The maximum Gasteiger partial charge on any atom is 0.251 e. The van der Waals surface area contributed by atoms with Crippen LogP contribution in [-0.2, 0) is 19.6 Å². The molecule has 8 heteroatoms. The highest BCUT2D eigenvalue weighted by molar-refractivity contribution is 5.94. The zero-order chi connectivity index (χ0) is 28.1. The van der Waals surface area contributed by atoms with Crippen LogP contribution in [0.3, 0.4) is 0 Å². The quantitative estimate of drug-likeness (QED) is 0.279. The van der Waals surface area contributed by atoms with Gasteiger partial charge in [0, 0.05) is 69.5 Å². The van der Waals surface area contributed by atoms with Gasteiger partial charge in [0.15, 0.2) is 0 Å². The van der Waals surface area contributed by atoms with E-state index in [0.717, 1.165) is 80.1 Å². The van der Waals surface area contributed by atoms with Gasteiger partial charge in [-0.1, -0.05) is 36.4 Å². The van der Waals surface area contributed by atoms with Gasteiger partial charge in [-0.05, 0) is 59.5 Å². The van der Waals surface area contributed by atoms with Crippen LogP contribution >= 0.6 is 0 Å². The average molecular weight is 672 g/mol. The summed E-state index contributed by atoms with van der Waals surface area (Å²) in [7, 11) is 4.55. The number of nitrogens with one attached hydrogen (secondary N) is 2. The minimum Gasteiger partial charge on any atom is -1.00 e. The Morgan fingerprint density at radius 1 is 0.927 bits per heavy atom. The summed E-state index contributed by atoms with van der Waals surface area (Å²) in [4.78, 5) is 17.9. The number of carbonyl (C=O) groups is 1. The van der Waals surface area contributed by atoms with Gasteiger partial charge in [-0.15, -0.1) is 0 Å². The molecule has 0 aromatic heterocycles. The van der Waals surface area contributed by atoms with Gasteiger partial charge >= 0.3 is 0 Å². The van der Waals surface area contributed by atoms with Gasteiger partial charge in [0.2, 0.25) is 0 Å². The van der Waals surface area contributed by atoms with Crippen molar-refractivity contribution >= 4 is 5.91 Å². The van der Waals surface area contributed by atoms with Crippen LogP contribution in [0.2, 0.25) is 0 Å². The fourth-order valence-electron chi connectivity index (χ4n) is 5.71. The average Bonchev–Trinajstić information content (AvgIpc) is 2.94. The summed E-state index contributed by atoms with van der Waals surface area (Å²) >= 11 is 0. The van der Waals surface area contributed by atoms with E-state index in [9.17, 15) is 9.18 Å². The summed E-state index contributed by atoms with van der Waals surface area (Å²) in [5.41, 5.74) is 5.28. The summed E-state index contributed by atoms with van der Waals surface area (Å²) in [5.74, 6) is -0.368. The largest absolute Gasteiger partial charge is 1.00 e. The van der Waals surface area contributed by atoms with E-state index in [1.807, 2.05) is 36.4 Å². The van der Waals surface area contributed by atoms with Gasteiger partial charge in [-0.2, -0.15) is 0 Å². The third-order valence-corrected chi connectivity index (χ3v) is 8.22. The van der Waals surface area contributed by atoms with Gasteiger partial charge in [0.1, 0.15) is 5.82 Å². The SMILES string of the molecule is C[C@H]1CN(Cc2cccc(-c3cc(CNC(=O)c4cccc(CN5CC[N+](C)(C)CC5)c4)ccc3F)c2)CCN1.[I-]. The highest BCUT2D eigenvalue weighted by atomic mass is 127. The molecule has 6 nitrogen and oxygen atoms in total. The molecule has 0 radical (unpaired) electrons. The molecule has 220 valence electrons. The van der Waals surface area contributed by atoms with Crippen LogP contribution in [0.15, 0.2) is 66.7 Å². The Bertz CT molecular complexity index is 1320. The van der Waals surface area contributed by atoms with Gasteiger partial charge < -0.3 is 39.1 Å². The molecule has 3 aromatic rings. The molecule has 0 bridgehead atoms. The molecule has 1 atom stereocenters. The molecule has 3 aromatic carbocycles. The van der Waals surface area contributed by atoms with Gasteiger partial charge in [-0.25, -0.2) is 4.39 Å². The van der Waals surface area contributed by atoms with Crippen LogP contribution in [0.5, 0.6) is 0 Å². The van der Waals surface area contributed by atoms with E-state index in [0.29, 0.717) is 23.7 Å². The number of piperazine rings is 2. The lowest BCUT2D eigenvalue weighted by atomic mass is 10.00. The summed E-state index contributed by atoms with van der Waals surface area (Å²) in [5, 5.41) is 6.51. The lowest BCUT2D eigenvalue weighted by Gasteiger charge is -2.39. The number of benzene rings is 3. The Hall–Kier alpha value is -2.37. The Morgan fingerprint density at radius 3 is 2.39 bits per heavy atom. The molecule has 0 saturated carbocycles. The highest BCUT2D eigenvalue weighted by Crippen LogP contribution is 2.26. The summed E-state index contributed by atoms with van der Waals surface area (Å²) in [6.45, 7) is 11.7. The molecule has 2 N–H and O–H groups in total. The molecule has 2 heterocycles. The Kier molecular flexibility index (Phi) is 10.9. The lowest BCUT2D eigenvalue weighted by Crippen LogP contribution is -3.00. The standard InChI is InChI=1S/C33H42FN5O.HI/c1-25-22-38(13-12-35-25)24-27-6-4-8-29(18-27)31-20-26(10-11-32(31)34)21-36-33(40)30-9-5-7-28(19-30)23-37-14-16-39(2,3)17-15-37;/h4-11,18-20,25,35H,12-17,21-24H2,1-3H3;1H/t25-;/m0./s1. The second-order valence-corrected chi connectivity index (χ2v) is 12.1. The van der Waals surface area contributed by atoms with E-state index in [-0.39, 0.29) is 35.7 Å². The summed E-state index contributed by atoms with van der Waals surface area (Å²) in [6, 6.07) is 21.6. The van der Waals surface area contributed by atoms with Crippen molar-refractivity contribution in [1.29, 1.82) is 0 Å². The number of halogens is 2. The van der Waals surface area contributed by atoms with Crippen molar-refractivity contribution < 1.29 is 37.6 Å². The van der Waals surface area contributed by atoms with Crippen molar-refractivity contribution in [2.45, 2.75) is 32.6 Å². The van der Waals surface area contributed by atoms with Crippen molar-refractivity contribution in [3.8, 4) is 11.1 Å². The topological polar surface area (TPSA) is 47.6 Å². The Balaban J connectivity index is 0.00000387. The van der Waals surface area contributed by atoms with Crippen molar-refractivity contribution in [2.24, 2.45) is 0 Å². The molecule has 0 unspecified atom stereocenters. The first-order valence-electron chi connectivity index (χ1n) is 14.5. The van der Waals surface area contributed by atoms with Crippen LogP contribution < -0.4 is 34.6 Å². The molecule has 2 saturated heterocycles. The third kappa shape index (κ3) is 8.81. The van der Waals surface area contributed by atoms with E-state index >= 15 is 0 Å². The number of hydrogen-bond donors (Lipinski definition) is 2. The Morgan fingerprint density at radius 2 is 1.63 bits per heavy atom. The van der Waals surface area contributed by atoms with Crippen LogP contribution in [-0.4, -0.2) is 86.1 Å². The second kappa shape index (κ2) is 14.2. The van der Waals surface area contributed by atoms with E-state index < -0.39 is 0 Å². The summed E-state index contributed by atoms with van der Waals surface area (Å²) in [6.07, 6.45) is 0. The number of quaternary nitrogens is 1. The molecule has 5 rings (SSSR count). The summed E-state index contributed by atoms with van der Waals surface area (Å²) < 4.78 is 16.0. The molecule has 2 fully saturated rings. The fourth-order valence-corrected chi connectivity index (χ4v) is 5.71. The van der Waals surface area contributed by atoms with Crippen molar-refractivity contribution in [1.82, 2.24) is 20.4 Å². The molecule has 2 aliphatic rings. The number of carbonyl (C=O) groups excluding carboxylic acids is 1. The predicted octanol–water partition coefficient (Wildman–Crippen LogP) is 1.11. The second-order valence-electron chi connectivity index (χ2n) is 12.1. The molecule has 0 spiro atoms.